The third kappa shape index (κ3) is 6.31. The first-order chi connectivity index (χ1) is 13.4. The van der Waals surface area contributed by atoms with Gasteiger partial charge in [-0.25, -0.2) is 18.3 Å². The third-order valence-electron chi connectivity index (χ3n) is 3.64. The van der Waals surface area contributed by atoms with Crippen LogP contribution in [0.25, 0.3) is 0 Å². The van der Waals surface area contributed by atoms with Crippen molar-refractivity contribution in [2.75, 3.05) is 6.61 Å². The minimum Gasteiger partial charge on any atom is -0.387 e. The molecule has 1 aliphatic rings. The van der Waals surface area contributed by atoms with Crippen molar-refractivity contribution < 1.29 is 61.0 Å². The van der Waals surface area contributed by atoms with Gasteiger partial charge in [-0.05, 0) is 11.2 Å². The Hall–Kier alpha value is -0.900. The second-order valence-corrected chi connectivity index (χ2v) is 10.5. The molecule has 1 aromatic heterocycles. The molecule has 6 atom stereocenters. The number of aromatic nitrogens is 2. The molecule has 172 valence electrons. The minimum atomic E-state index is -5.70. The highest BCUT2D eigenvalue weighted by atomic mass is 31.3. The van der Waals surface area contributed by atoms with Gasteiger partial charge in [0, 0.05) is 12.3 Å². The summed E-state index contributed by atoms with van der Waals surface area (Å²) in [5, 5.41) is 10.1. The lowest BCUT2D eigenvalue weighted by Gasteiger charge is -2.24. The van der Waals surface area contributed by atoms with Crippen LogP contribution in [0.2, 0.25) is 0 Å². The van der Waals surface area contributed by atoms with Gasteiger partial charge in [0.25, 0.3) is 5.56 Å². The number of phosphoric ester groups is 1. The van der Waals surface area contributed by atoms with E-state index in [2.05, 4.69) is 13.1 Å². The Morgan fingerprint density at radius 3 is 2.43 bits per heavy atom. The Kier molecular flexibility index (Phi) is 7.24. The van der Waals surface area contributed by atoms with Crippen LogP contribution in [-0.2, 0) is 27.0 Å². The molecule has 0 aromatic carbocycles. The van der Waals surface area contributed by atoms with Crippen molar-refractivity contribution >= 4 is 23.8 Å². The van der Waals surface area contributed by atoms with Crippen LogP contribution in [0, 0.1) is 0 Å². The molecule has 4 unspecified atom stereocenters. The summed E-state index contributed by atoms with van der Waals surface area (Å²) in [6, 6.07) is 0.873. The first-order valence-electron chi connectivity index (χ1n) is 7.57. The highest BCUT2D eigenvalue weighted by Gasteiger charge is 2.56. The van der Waals surface area contributed by atoms with Crippen molar-refractivity contribution in [3.63, 3.8) is 0 Å². The first-order valence-corrected chi connectivity index (χ1v) is 12.1. The quantitative estimate of drug-likeness (QED) is 0.199. The molecule has 2 rings (SSSR count). The van der Waals surface area contributed by atoms with E-state index in [0.717, 1.165) is 19.2 Å². The fraction of sp³-hybridized carbons (Fsp3) is 0.600. The number of halogens is 1. The monoisotopic (exact) mass is 501 g/mol. The summed E-state index contributed by atoms with van der Waals surface area (Å²) in [4.78, 5) is 69.0. The molecule has 30 heavy (non-hydrogen) atoms. The van der Waals surface area contributed by atoms with Crippen molar-refractivity contribution in [3.05, 3.63) is 33.1 Å². The van der Waals surface area contributed by atoms with E-state index in [4.69, 9.17) is 24.3 Å². The van der Waals surface area contributed by atoms with Crippen LogP contribution >= 0.6 is 23.8 Å². The number of hydrogen-bond acceptors (Lipinski definition) is 12. The Labute approximate surface area is 166 Å². The van der Waals surface area contributed by atoms with Gasteiger partial charge < -0.3 is 14.7 Å². The van der Waals surface area contributed by atoms with Crippen LogP contribution in [0.1, 0.15) is 13.2 Å². The predicted octanol–water partition coefficient (Wildman–Crippen LogP) is -1.57. The lowest BCUT2D eigenvalue weighted by Crippen LogP contribution is -2.43. The molecular formula is C10H17FN2O14P3+. The molecule has 0 radical (unpaired) electrons. The second kappa shape index (κ2) is 8.56. The van der Waals surface area contributed by atoms with Crippen LogP contribution < -0.4 is 11.2 Å². The number of aliphatic hydroxyl groups is 1. The van der Waals surface area contributed by atoms with Gasteiger partial charge in [0.2, 0.25) is 0 Å². The van der Waals surface area contributed by atoms with Crippen LogP contribution in [0.4, 0.5) is 4.39 Å². The van der Waals surface area contributed by atoms with Gasteiger partial charge >= 0.3 is 29.5 Å². The zero-order chi connectivity index (χ0) is 23.1. The fourth-order valence-electron chi connectivity index (χ4n) is 2.44. The number of H-pyrrole nitrogens is 1. The summed E-state index contributed by atoms with van der Waals surface area (Å²) in [6.45, 7) is -0.293. The average Bonchev–Trinajstić information content (AvgIpc) is 2.73. The maximum atomic E-state index is 14.9. The summed E-state index contributed by atoms with van der Waals surface area (Å²) in [5.74, 6) is 0. The van der Waals surface area contributed by atoms with E-state index in [1.54, 1.807) is 0 Å². The molecule has 16 nitrogen and oxygen atoms in total. The number of hydrogen-bond donors (Lipinski definition) is 7. The smallest absolute Gasteiger partial charge is 0.387 e. The largest absolute Gasteiger partial charge is 0.578 e. The maximum absolute atomic E-state index is 14.9. The summed E-state index contributed by atoms with van der Waals surface area (Å²) in [7, 11) is -16.6. The second-order valence-electron chi connectivity index (χ2n) is 6.05. The summed E-state index contributed by atoms with van der Waals surface area (Å²) in [5.41, 5.74) is -4.53. The standard InChI is InChI=1S/C10H16FN2O14P3/c1-10(11)7(15)5(25-8(10)13-3-2-6(14)12-9(13)16)4-24-29(20,21)27-30(22,23)26-28(17,18)19/h2-3,5,7-8,15,17-19H,4H2,1H3,(H2-,12,14,16,20,21,22,23)/p+1/t5-,7?,8-,10?/m1/s1. The lowest BCUT2D eigenvalue weighted by molar-refractivity contribution is -0.0605. The SMILES string of the molecule is CC1(F)C(O)[C@@H](COP(=O)(O)OP(=O)(O)O[P+](O)(O)O)O[C@H]1n1ccc(=O)[nH]c1=O. The molecule has 0 spiro atoms. The van der Waals surface area contributed by atoms with Crippen molar-refractivity contribution in [3.8, 4) is 0 Å². The highest BCUT2D eigenvalue weighted by molar-refractivity contribution is 7.68. The molecule has 7 N–H and O–H groups in total. The normalized spacial score (nSPS) is 31.3. The van der Waals surface area contributed by atoms with E-state index in [9.17, 15) is 33.1 Å². The van der Waals surface area contributed by atoms with Gasteiger partial charge in [0.05, 0.1) is 6.61 Å². The van der Waals surface area contributed by atoms with Crippen molar-refractivity contribution in [1.29, 1.82) is 0 Å². The number of aliphatic hydroxyl groups excluding tert-OH is 1. The van der Waals surface area contributed by atoms with E-state index < -0.39 is 65.8 Å². The highest BCUT2D eigenvalue weighted by Crippen LogP contribution is 2.68. The van der Waals surface area contributed by atoms with E-state index >= 15 is 0 Å². The van der Waals surface area contributed by atoms with E-state index in [1.807, 2.05) is 4.98 Å². The number of rotatable bonds is 8. The van der Waals surface area contributed by atoms with Gasteiger partial charge in [-0.1, -0.05) is 0 Å². The van der Waals surface area contributed by atoms with E-state index in [-0.39, 0.29) is 0 Å². The molecule has 1 aliphatic heterocycles. The molecule has 0 bridgehead atoms. The number of alkyl halides is 1. The molecule has 0 saturated carbocycles. The molecule has 1 fully saturated rings. The van der Waals surface area contributed by atoms with Gasteiger partial charge in [-0.15, -0.1) is 0 Å². The van der Waals surface area contributed by atoms with E-state index in [1.165, 1.54) is 0 Å². The molecule has 1 saturated heterocycles. The van der Waals surface area contributed by atoms with Gasteiger partial charge in [0.15, 0.2) is 11.9 Å². The van der Waals surface area contributed by atoms with Crippen molar-refractivity contribution in [2.45, 2.75) is 31.0 Å². The first kappa shape index (κ1) is 25.4. The van der Waals surface area contributed by atoms with Crippen LogP contribution in [0.5, 0.6) is 0 Å². The van der Waals surface area contributed by atoms with Crippen LogP contribution in [-0.4, -0.2) is 63.6 Å². The fourth-order valence-corrected chi connectivity index (χ4v) is 5.50. The number of nitrogens with zero attached hydrogens (tertiary/aromatic N) is 1. The van der Waals surface area contributed by atoms with Crippen LogP contribution in [0.15, 0.2) is 21.9 Å². The number of ether oxygens (including phenoxy) is 1. The van der Waals surface area contributed by atoms with Gasteiger partial charge in [-0.2, -0.15) is 19.0 Å². The van der Waals surface area contributed by atoms with Gasteiger partial charge in [-0.3, -0.25) is 23.8 Å². The third-order valence-corrected chi connectivity index (χ3v) is 7.47. The summed E-state index contributed by atoms with van der Waals surface area (Å²) >= 11 is 0. The number of phosphoric acid groups is 2. The van der Waals surface area contributed by atoms with Gasteiger partial charge in [0.1, 0.15) is 12.2 Å². The molecular weight excluding hydrogens is 484 g/mol. The van der Waals surface area contributed by atoms with Crippen molar-refractivity contribution in [1.82, 2.24) is 9.55 Å². The maximum Gasteiger partial charge on any atom is 0.578 e. The minimum absolute atomic E-state index is 0.600. The summed E-state index contributed by atoms with van der Waals surface area (Å²) < 4.78 is 55.2. The zero-order valence-electron chi connectivity index (χ0n) is 14.7. The van der Waals surface area contributed by atoms with E-state index in [0.29, 0.717) is 4.57 Å². The summed E-state index contributed by atoms with van der Waals surface area (Å²) in [6.07, 6.45) is -4.69. The molecule has 0 aliphatic carbocycles. The molecule has 20 heteroatoms. The Morgan fingerprint density at radius 1 is 1.30 bits per heavy atom. The number of nitrogens with one attached hydrogen (secondary N) is 1. The Balaban J connectivity index is 2.12. The molecule has 0 amide bonds. The number of aromatic amines is 1. The van der Waals surface area contributed by atoms with Crippen molar-refractivity contribution in [2.24, 2.45) is 0 Å². The topological polar surface area (TPSA) is 247 Å². The predicted molar refractivity (Wildman–Crippen MR) is 92.1 cm³/mol. The Bertz CT molecular complexity index is 987. The van der Waals surface area contributed by atoms with Crippen LogP contribution in [0.3, 0.4) is 0 Å². The molecule has 1 aromatic rings. The lowest BCUT2D eigenvalue weighted by atomic mass is 9.98. The average molecular weight is 501 g/mol. The Morgan fingerprint density at radius 2 is 1.90 bits per heavy atom. The zero-order valence-corrected chi connectivity index (χ0v) is 17.4. The molecule has 2 heterocycles.